The zero-order chi connectivity index (χ0) is 21.6. The lowest BCUT2D eigenvalue weighted by Crippen LogP contribution is -2.47. The molecule has 0 N–H and O–H groups in total. The maximum absolute atomic E-state index is 12.4. The van der Waals surface area contributed by atoms with Crippen LogP contribution in [0.4, 0.5) is 0 Å². The van der Waals surface area contributed by atoms with Crippen LogP contribution in [0, 0.1) is 46.8 Å². The lowest BCUT2D eigenvalue weighted by Gasteiger charge is -2.54. The molecule has 30 heavy (non-hydrogen) atoms. The van der Waals surface area contributed by atoms with Crippen LogP contribution in [0.2, 0.25) is 0 Å². The van der Waals surface area contributed by atoms with Crippen LogP contribution >= 0.6 is 0 Å². The van der Waals surface area contributed by atoms with Crippen molar-refractivity contribution in [3.05, 3.63) is 0 Å². The molecule has 0 aromatic carbocycles. The van der Waals surface area contributed by atoms with Crippen LogP contribution in [0.5, 0.6) is 0 Å². The Morgan fingerprint density at radius 1 is 0.867 bits per heavy atom. The molecule has 0 unspecified atom stereocenters. The number of rotatable bonds is 4. The van der Waals surface area contributed by atoms with Gasteiger partial charge in [0.1, 0.15) is 11.9 Å². The van der Waals surface area contributed by atoms with Crippen LogP contribution in [-0.2, 0) is 23.9 Å². The second-order valence-electron chi connectivity index (χ2n) is 10.9. The van der Waals surface area contributed by atoms with Crippen LogP contribution in [0.15, 0.2) is 0 Å². The Bertz CT molecular complexity index is 702. The van der Waals surface area contributed by atoms with E-state index in [0.29, 0.717) is 35.7 Å². The van der Waals surface area contributed by atoms with Gasteiger partial charge in [-0.3, -0.25) is 14.4 Å². The van der Waals surface area contributed by atoms with Crippen molar-refractivity contribution < 1.29 is 23.9 Å². The van der Waals surface area contributed by atoms with Gasteiger partial charge in [0, 0.05) is 25.7 Å². The van der Waals surface area contributed by atoms with Crippen molar-refractivity contribution in [2.24, 2.45) is 46.8 Å². The first-order valence-corrected chi connectivity index (χ1v) is 12.0. The summed E-state index contributed by atoms with van der Waals surface area (Å²) in [6.07, 6.45) is 8.91. The number of hydrogen-bond acceptors (Lipinski definition) is 5. The number of hydrogen-bond donors (Lipinski definition) is 0. The fourth-order valence-electron chi connectivity index (χ4n) is 8.25. The number of esters is 2. The van der Waals surface area contributed by atoms with Gasteiger partial charge in [-0.15, -0.1) is 0 Å². The van der Waals surface area contributed by atoms with E-state index in [9.17, 15) is 14.4 Å². The topological polar surface area (TPSA) is 69.7 Å². The molecule has 5 nitrogen and oxygen atoms in total. The van der Waals surface area contributed by atoms with Crippen molar-refractivity contribution >= 4 is 17.7 Å². The number of carbonyl (C=O) groups excluding carboxylic acids is 3. The maximum Gasteiger partial charge on any atom is 0.302 e. The van der Waals surface area contributed by atoms with Gasteiger partial charge in [-0.2, -0.15) is 0 Å². The number of ether oxygens (including phenoxy) is 2. The van der Waals surface area contributed by atoms with Crippen LogP contribution in [-0.4, -0.2) is 30.4 Å². The van der Waals surface area contributed by atoms with Crippen LogP contribution < -0.4 is 0 Å². The molecule has 5 heteroatoms. The van der Waals surface area contributed by atoms with E-state index in [4.69, 9.17) is 9.47 Å². The van der Waals surface area contributed by atoms with E-state index in [1.54, 1.807) is 6.92 Å². The first-order valence-electron chi connectivity index (χ1n) is 12.0. The summed E-state index contributed by atoms with van der Waals surface area (Å²) in [5.74, 6) is 3.24. The van der Waals surface area contributed by atoms with E-state index in [-0.39, 0.29) is 35.7 Å². The molecule has 4 aliphatic carbocycles. The molecule has 4 saturated carbocycles. The third-order valence-corrected chi connectivity index (χ3v) is 9.53. The molecule has 0 aliphatic heterocycles. The van der Waals surface area contributed by atoms with Crippen LogP contribution in [0.25, 0.3) is 0 Å². The number of carbonyl (C=O) groups is 3. The van der Waals surface area contributed by atoms with Gasteiger partial charge < -0.3 is 9.47 Å². The smallest absolute Gasteiger partial charge is 0.302 e. The standard InChI is InChI=1S/C25H38O5/c1-14(26)19-7-8-20-21-6-5-17-11-18(30-16(3)28)9-10-25(17,4)24(21)12-22(20)23(19)13-29-15(2)27/h17-24H,5-13H2,1-4H3/t17-,18-,19+,20-,21-,22+,23+,24-,25-/m0/s1. The molecule has 0 aromatic heterocycles. The molecule has 0 amide bonds. The summed E-state index contributed by atoms with van der Waals surface area (Å²) in [5.41, 5.74) is 0.300. The summed E-state index contributed by atoms with van der Waals surface area (Å²) in [5, 5.41) is 0. The molecule has 9 atom stereocenters. The van der Waals surface area contributed by atoms with Crippen molar-refractivity contribution in [2.75, 3.05) is 6.61 Å². The minimum Gasteiger partial charge on any atom is -0.466 e. The molecule has 0 spiro atoms. The monoisotopic (exact) mass is 418 g/mol. The summed E-state index contributed by atoms with van der Waals surface area (Å²) >= 11 is 0. The second kappa shape index (κ2) is 8.27. The van der Waals surface area contributed by atoms with Gasteiger partial charge in [-0.05, 0) is 93.3 Å². The van der Waals surface area contributed by atoms with E-state index in [2.05, 4.69) is 6.92 Å². The van der Waals surface area contributed by atoms with E-state index >= 15 is 0 Å². The molecule has 0 radical (unpaired) electrons. The third kappa shape index (κ3) is 3.82. The van der Waals surface area contributed by atoms with Crippen molar-refractivity contribution in [3.8, 4) is 0 Å². The van der Waals surface area contributed by atoms with Gasteiger partial charge in [-0.1, -0.05) is 6.92 Å². The zero-order valence-corrected chi connectivity index (χ0v) is 19.0. The van der Waals surface area contributed by atoms with Gasteiger partial charge >= 0.3 is 11.9 Å². The van der Waals surface area contributed by atoms with E-state index < -0.39 is 0 Å². The predicted molar refractivity (Wildman–Crippen MR) is 112 cm³/mol. The summed E-state index contributed by atoms with van der Waals surface area (Å²) in [4.78, 5) is 35.4. The predicted octanol–water partition coefficient (Wildman–Crippen LogP) is 4.57. The minimum absolute atomic E-state index is 0.0362. The molecule has 0 heterocycles. The van der Waals surface area contributed by atoms with E-state index in [1.807, 2.05) is 0 Å². The molecular formula is C25H38O5. The van der Waals surface area contributed by atoms with Crippen molar-refractivity contribution in [1.29, 1.82) is 0 Å². The van der Waals surface area contributed by atoms with Gasteiger partial charge in [0.2, 0.25) is 0 Å². The number of ketones is 1. The van der Waals surface area contributed by atoms with Crippen molar-refractivity contribution in [2.45, 2.75) is 85.2 Å². The highest BCUT2D eigenvalue weighted by Gasteiger charge is 2.59. The summed E-state index contributed by atoms with van der Waals surface area (Å²) in [7, 11) is 0. The normalized spacial score (nSPS) is 44.9. The molecular weight excluding hydrogens is 380 g/mol. The highest BCUT2D eigenvalue weighted by molar-refractivity contribution is 5.78. The molecule has 0 bridgehead atoms. The second-order valence-corrected chi connectivity index (χ2v) is 10.9. The highest BCUT2D eigenvalue weighted by atomic mass is 16.5. The fourth-order valence-corrected chi connectivity index (χ4v) is 8.25. The average Bonchev–Trinajstić information content (AvgIpc) is 3.06. The Morgan fingerprint density at radius 2 is 1.60 bits per heavy atom. The lowest BCUT2D eigenvalue weighted by molar-refractivity contribution is -0.154. The third-order valence-electron chi connectivity index (χ3n) is 9.53. The van der Waals surface area contributed by atoms with Gasteiger partial charge in [0.05, 0.1) is 6.61 Å². The quantitative estimate of drug-likeness (QED) is 0.626. The largest absolute Gasteiger partial charge is 0.466 e. The number of fused-ring (bicyclic) bond motifs is 5. The molecule has 4 aliphatic rings. The average molecular weight is 419 g/mol. The van der Waals surface area contributed by atoms with Gasteiger partial charge in [0.25, 0.3) is 0 Å². The van der Waals surface area contributed by atoms with Gasteiger partial charge in [-0.25, -0.2) is 0 Å². The Morgan fingerprint density at radius 3 is 2.27 bits per heavy atom. The summed E-state index contributed by atoms with van der Waals surface area (Å²) in [6.45, 7) is 7.57. The Kier molecular flexibility index (Phi) is 6.02. The summed E-state index contributed by atoms with van der Waals surface area (Å²) in [6, 6.07) is 0. The first kappa shape index (κ1) is 21.8. The zero-order valence-electron chi connectivity index (χ0n) is 19.0. The summed E-state index contributed by atoms with van der Waals surface area (Å²) < 4.78 is 11.0. The Hall–Kier alpha value is -1.39. The van der Waals surface area contributed by atoms with Gasteiger partial charge in [0.15, 0.2) is 0 Å². The highest BCUT2D eigenvalue weighted by Crippen LogP contribution is 2.66. The number of Topliss-reactive ketones (excluding diaryl/α,β-unsaturated/α-hetero) is 1. The Balaban J connectivity index is 1.53. The molecule has 4 fully saturated rings. The molecule has 4 rings (SSSR count). The SMILES string of the molecule is CC(=O)OC[C@H]1[C@@H]2C[C@H]3[C@@H](CC[C@H]4C[C@@H](OC(C)=O)CC[C@@]43C)[C@@H]2CC[C@@H]1C(C)=O. The molecule has 168 valence electrons. The van der Waals surface area contributed by atoms with E-state index in [0.717, 1.165) is 44.4 Å². The lowest BCUT2D eigenvalue weighted by atomic mass is 9.52. The first-order chi connectivity index (χ1) is 14.2. The van der Waals surface area contributed by atoms with Crippen LogP contribution in [0.1, 0.15) is 79.1 Å². The maximum atomic E-state index is 12.4. The minimum atomic E-state index is -0.245. The molecule has 0 aromatic rings. The Labute approximate surface area is 180 Å². The fraction of sp³-hybridized carbons (Fsp3) is 0.880. The molecule has 0 saturated heterocycles. The van der Waals surface area contributed by atoms with Crippen LogP contribution in [0.3, 0.4) is 0 Å². The van der Waals surface area contributed by atoms with E-state index in [1.165, 1.54) is 26.7 Å². The van der Waals surface area contributed by atoms with Crippen molar-refractivity contribution in [3.63, 3.8) is 0 Å². The van der Waals surface area contributed by atoms with Crippen molar-refractivity contribution in [1.82, 2.24) is 0 Å².